The van der Waals surface area contributed by atoms with E-state index in [2.05, 4.69) is 5.32 Å². The molecule has 1 saturated carbocycles. The van der Waals surface area contributed by atoms with Crippen molar-refractivity contribution in [3.05, 3.63) is 0 Å². The van der Waals surface area contributed by atoms with Gasteiger partial charge in [-0.25, -0.2) is 0 Å². The zero-order valence-corrected chi connectivity index (χ0v) is 10.2. The number of nitrogens with one attached hydrogen (secondary N) is 1. The highest BCUT2D eigenvalue weighted by Gasteiger charge is 2.37. The highest BCUT2D eigenvalue weighted by molar-refractivity contribution is 5.85. The van der Waals surface area contributed by atoms with Crippen LogP contribution in [0.3, 0.4) is 0 Å². The fourth-order valence-corrected chi connectivity index (χ4v) is 2.31. The van der Waals surface area contributed by atoms with Crippen LogP contribution in [0.15, 0.2) is 0 Å². The molecule has 17 heavy (non-hydrogen) atoms. The van der Waals surface area contributed by atoms with Crippen molar-refractivity contribution in [3.8, 4) is 0 Å². The van der Waals surface area contributed by atoms with E-state index in [9.17, 15) is 9.59 Å². The number of carboxylic acids is 1. The van der Waals surface area contributed by atoms with E-state index >= 15 is 0 Å². The highest BCUT2D eigenvalue weighted by Crippen LogP contribution is 2.31. The van der Waals surface area contributed by atoms with Gasteiger partial charge in [0.2, 0.25) is 5.91 Å². The lowest BCUT2D eigenvalue weighted by molar-refractivity contribution is -0.146. The second-order valence-corrected chi connectivity index (χ2v) is 4.76. The third-order valence-corrected chi connectivity index (χ3v) is 3.27. The molecule has 3 N–H and O–H groups in total. The topological polar surface area (TPSA) is 86.6 Å². The predicted octanol–water partition coefficient (Wildman–Crippen LogP) is 0.764. The van der Waals surface area contributed by atoms with E-state index in [-0.39, 0.29) is 17.9 Å². The summed E-state index contributed by atoms with van der Waals surface area (Å²) < 4.78 is 0. The van der Waals surface area contributed by atoms with Crippen LogP contribution in [0.1, 0.15) is 39.0 Å². The molecule has 1 fully saturated rings. The maximum atomic E-state index is 11.8. The van der Waals surface area contributed by atoms with Gasteiger partial charge in [-0.3, -0.25) is 9.59 Å². The minimum Gasteiger partial charge on any atom is -0.481 e. The van der Waals surface area contributed by atoms with E-state index in [0.29, 0.717) is 32.2 Å². The number of carbonyl (C=O) groups is 2. The predicted molar refractivity (Wildman–Crippen MR) is 62.4 cm³/mol. The monoisotopic (exact) mass is 243 g/mol. The average Bonchev–Trinajstić information content (AvgIpc) is 2.72. The van der Waals surface area contributed by atoms with Gasteiger partial charge in [-0.2, -0.15) is 0 Å². The van der Waals surface area contributed by atoms with Crippen molar-refractivity contribution in [2.24, 2.45) is 11.8 Å². The largest absolute Gasteiger partial charge is 0.481 e. The van der Waals surface area contributed by atoms with Crippen LogP contribution in [0, 0.1) is 11.8 Å². The minimum absolute atomic E-state index is 0.152. The zero-order chi connectivity index (χ0) is 12.8. The van der Waals surface area contributed by atoms with Crippen LogP contribution in [-0.4, -0.2) is 34.7 Å². The SMILES string of the molecule is CC(O)CCCNC(=O)[C@@H]1CCC[C@@H]1C(=O)O. The molecule has 5 nitrogen and oxygen atoms in total. The van der Waals surface area contributed by atoms with Gasteiger partial charge < -0.3 is 15.5 Å². The van der Waals surface area contributed by atoms with Gasteiger partial charge in [0.05, 0.1) is 17.9 Å². The van der Waals surface area contributed by atoms with Gasteiger partial charge in [-0.15, -0.1) is 0 Å². The van der Waals surface area contributed by atoms with Gasteiger partial charge in [-0.1, -0.05) is 6.42 Å². The standard InChI is InChI=1S/C12H21NO4/c1-8(14)4-3-7-13-11(15)9-5-2-6-10(9)12(16)17/h8-10,14H,2-7H2,1H3,(H,13,15)(H,16,17)/t8?,9-,10+/m1/s1. The second kappa shape index (κ2) is 6.59. The Morgan fingerprint density at radius 2 is 2.00 bits per heavy atom. The molecule has 1 amide bonds. The summed E-state index contributed by atoms with van der Waals surface area (Å²) in [6, 6.07) is 0. The molecule has 0 bridgehead atoms. The number of hydrogen-bond acceptors (Lipinski definition) is 3. The number of carbonyl (C=O) groups excluding carboxylic acids is 1. The van der Waals surface area contributed by atoms with Crippen molar-refractivity contribution in [3.63, 3.8) is 0 Å². The first-order chi connectivity index (χ1) is 8.02. The first kappa shape index (κ1) is 14.0. The highest BCUT2D eigenvalue weighted by atomic mass is 16.4. The molecule has 98 valence electrons. The normalized spacial score (nSPS) is 25.5. The molecular formula is C12H21NO4. The summed E-state index contributed by atoms with van der Waals surface area (Å²) in [4.78, 5) is 22.7. The molecule has 0 aromatic rings. The molecular weight excluding hydrogens is 222 g/mol. The molecule has 0 aromatic heterocycles. The Bertz CT molecular complexity index is 278. The summed E-state index contributed by atoms with van der Waals surface area (Å²) in [6.07, 6.45) is 3.08. The molecule has 1 aliphatic carbocycles. The lowest BCUT2D eigenvalue weighted by Crippen LogP contribution is -2.35. The van der Waals surface area contributed by atoms with Crippen molar-refractivity contribution < 1.29 is 19.8 Å². The second-order valence-electron chi connectivity index (χ2n) is 4.76. The van der Waals surface area contributed by atoms with Gasteiger partial charge in [0, 0.05) is 6.54 Å². The molecule has 0 aliphatic heterocycles. The Kier molecular flexibility index (Phi) is 5.41. The molecule has 1 rings (SSSR count). The van der Waals surface area contributed by atoms with Crippen LogP contribution in [0.4, 0.5) is 0 Å². The van der Waals surface area contributed by atoms with Gasteiger partial charge in [0.1, 0.15) is 0 Å². The van der Waals surface area contributed by atoms with E-state index in [1.54, 1.807) is 6.92 Å². The molecule has 0 heterocycles. The van der Waals surface area contributed by atoms with Crippen molar-refractivity contribution in [1.82, 2.24) is 5.32 Å². The lowest BCUT2D eigenvalue weighted by atomic mass is 9.95. The van der Waals surface area contributed by atoms with Crippen LogP contribution in [-0.2, 0) is 9.59 Å². The summed E-state index contributed by atoms with van der Waals surface area (Å²) in [5.74, 6) is -1.92. The van der Waals surface area contributed by atoms with Crippen molar-refractivity contribution in [2.45, 2.75) is 45.1 Å². The van der Waals surface area contributed by atoms with Crippen LogP contribution < -0.4 is 5.32 Å². The summed E-state index contributed by atoms with van der Waals surface area (Å²) >= 11 is 0. The van der Waals surface area contributed by atoms with Gasteiger partial charge >= 0.3 is 5.97 Å². The van der Waals surface area contributed by atoms with Crippen LogP contribution >= 0.6 is 0 Å². The number of hydrogen-bond donors (Lipinski definition) is 3. The van der Waals surface area contributed by atoms with E-state index in [4.69, 9.17) is 10.2 Å². The summed E-state index contributed by atoms with van der Waals surface area (Å²) in [5.41, 5.74) is 0. The van der Waals surface area contributed by atoms with Gasteiger partial charge in [-0.05, 0) is 32.6 Å². The van der Waals surface area contributed by atoms with Crippen molar-refractivity contribution in [1.29, 1.82) is 0 Å². The van der Waals surface area contributed by atoms with Crippen molar-refractivity contribution >= 4 is 11.9 Å². The lowest BCUT2D eigenvalue weighted by Gasteiger charge is -2.15. The molecule has 1 unspecified atom stereocenters. The molecule has 0 aromatic carbocycles. The van der Waals surface area contributed by atoms with Gasteiger partial charge in [0.25, 0.3) is 0 Å². The number of aliphatic carboxylic acids is 1. The Morgan fingerprint density at radius 3 is 2.59 bits per heavy atom. The van der Waals surface area contributed by atoms with Gasteiger partial charge in [0.15, 0.2) is 0 Å². The third kappa shape index (κ3) is 4.34. The van der Waals surface area contributed by atoms with E-state index < -0.39 is 11.9 Å². The van der Waals surface area contributed by atoms with Crippen LogP contribution in [0.2, 0.25) is 0 Å². The Balaban J connectivity index is 2.29. The van der Waals surface area contributed by atoms with Crippen LogP contribution in [0.25, 0.3) is 0 Å². The van der Waals surface area contributed by atoms with E-state index in [1.165, 1.54) is 0 Å². The molecule has 0 spiro atoms. The zero-order valence-electron chi connectivity index (χ0n) is 10.2. The third-order valence-electron chi connectivity index (χ3n) is 3.27. The smallest absolute Gasteiger partial charge is 0.307 e. The number of aliphatic hydroxyl groups is 1. The first-order valence-corrected chi connectivity index (χ1v) is 6.21. The summed E-state index contributed by atoms with van der Waals surface area (Å²) in [5, 5.41) is 20.8. The molecule has 3 atom stereocenters. The van der Waals surface area contributed by atoms with Crippen molar-refractivity contribution in [2.75, 3.05) is 6.54 Å². The Morgan fingerprint density at radius 1 is 1.35 bits per heavy atom. The molecule has 0 radical (unpaired) electrons. The molecule has 5 heteroatoms. The Hall–Kier alpha value is -1.10. The van der Waals surface area contributed by atoms with E-state index in [0.717, 1.165) is 6.42 Å². The summed E-state index contributed by atoms with van der Waals surface area (Å²) in [7, 11) is 0. The summed E-state index contributed by atoms with van der Waals surface area (Å²) in [6.45, 7) is 2.21. The number of rotatable bonds is 6. The van der Waals surface area contributed by atoms with E-state index in [1.807, 2.05) is 0 Å². The molecule has 0 saturated heterocycles. The molecule has 1 aliphatic rings. The quantitative estimate of drug-likeness (QED) is 0.601. The average molecular weight is 243 g/mol. The fraction of sp³-hybridized carbons (Fsp3) is 0.833. The van der Waals surface area contributed by atoms with Crippen LogP contribution in [0.5, 0.6) is 0 Å². The minimum atomic E-state index is -0.869. The maximum absolute atomic E-state index is 11.8. The number of amides is 1. The fourth-order valence-electron chi connectivity index (χ4n) is 2.31. The maximum Gasteiger partial charge on any atom is 0.307 e. The first-order valence-electron chi connectivity index (χ1n) is 6.21. The Labute approximate surface area is 101 Å². The number of carboxylic acid groups (broad SMARTS) is 1. The number of aliphatic hydroxyl groups excluding tert-OH is 1.